The van der Waals surface area contributed by atoms with Crippen molar-refractivity contribution in [2.24, 2.45) is 0 Å². The second-order valence-electron chi connectivity index (χ2n) is 5.23. The van der Waals surface area contributed by atoms with Gasteiger partial charge in [0, 0.05) is 4.90 Å². The summed E-state index contributed by atoms with van der Waals surface area (Å²) in [6, 6.07) is 20.5. The summed E-state index contributed by atoms with van der Waals surface area (Å²) in [5.41, 5.74) is 2.91. The molecule has 0 atom stereocenters. The fourth-order valence-electron chi connectivity index (χ4n) is 2.55. The van der Waals surface area contributed by atoms with Crippen LogP contribution in [0.4, 0.5) is 0 Å². The molecule has 0 aliphatic rings. The predicted octanol–water partition coefficient (Wildman–Crippen LogP) is 5.41. The Kier molecular flexibility index (Phi) is 4.68. The highest BCUT2D eigenvalue weighted by molar-refractivity contribution is 7.98. The summed E-state index contributed by atoms with van der Waals surface area (Å²) in [7, 11) is 0. The number of ether oxygens (including phenoxy) is 1. The molecule has 23 heavy (non-hydrogen) atoms. The third kappa shape index (κ3) is 3.40. The van der Waals surface area contributed by atoms with Crippen molar-refractivity contribution in [1.82, 2.24) is 0 Å². The van der Waals surface area contributed by atoms with Crippen LogP contribution in [0, 0.1) is 0 Å². The Morgan fingerprint density at radius 2 is 1.61 bits per heavy atom. The third-order valence-electron chi connectivity index (χ3n) is 3.77. The Balaban J connectivity index is 2.00. The van der Waals surface area contributed by atoms with E-state index in [-0.39, 0.29) is 5.97 Å². The highest BCUT2D eigenvalue weighted by Gasteiger charge is 2.07. The van der Waals surface area contributed by atoms with E-state index in [1.807, 2.05) is 25.1 Å². The molecule has 3 aromatic rings. The molecule has 0 aromatic heterocycles. The molecule has 0 saturated heterocycles. The van der Waals surface area contributed by atoms with Crippen LogP contribution in [0.2, 0.25) is 0 Å². The second-order valence-corrected chi connectivity index (χ2v) is 6.11. The topological polar surface area (TPSA) is 26.3 Å². The minimum Gasteiger partial charge on any atom is -0.462 e. The van der Waals surface area contributed by atoms with Crippen molar-refractivity contribution >= 4 is 28.5 Å². The quantitative estimate of drug-likeness (QED) is 0.475. The number of carbonyl (C=O) groups is 1. The van der Waals surface area contributed by atoms with Crippen LogP contribution >= 0.6 is 11.8 Å². The molecule has 0 amide bonds. The smallest absolute Gasteiger partial charge is 0.338 e. The molecule has 2 nitrogen and oxygen atoms in total. The maximum atomic E-state index is 11.9. The minimum absolute atomic E-state index is 0.274. The number of benzene rings is 3. The molecule has 0 aliphatic carbocycles. The number of esters is 1. The normalized spacial score (nSPS) is 10.7. The summed E-state index contributed by atoms with van der Waals surface area (Å²) < 4.78 is 5.08. The summed E-state index contributed by atoms with van der Waals surface area (Å²) in [6.07, 6.45) is 2.07. The first kappa shape index (κ1) is 15.6. The zero-order valence-corrected chi connectivity index (χ0v) is 14.0. The second kappa shape index (κ2) is 6.88. The molecule has 3 heteroatoms. The van der Waals surface area contributed by atoms with Crippen molar-refractivity contribution < 1.29 is 9.53 Å². The van der Waals surface area contributed by atoms with Crippen molar-refractivity contribution in [1.29, 1.82) is 0 Å². The zero-order valence-electron chi connectivity index (χ0n) is 13.2. The highest BCUT2D eigenvalue weighted by atomic mass is 32.2. The molecule has 116 valence electrons. The first-order valence-electron chi connectivity index (χ1n) is 7.56. The molecule has 0 heterocycles. The molecule has 0 aliphatic heterocycles. The number of fused-ring (bicyclic) bond motifs is 1. The number of thioether (sulfide) groups is 1. The van der Waals surface area contributed by atoms with Crippen LogP contribution in [0.15, 0.2) is 65.6 Å². The molecule has 0 unspecified atom stereocenters. The summed E-state index contributed by atoms with van der Waals surface area (Å²) in [6.45, 7) is 2.20. The Hall–Kier alpha value is -2.26. The van der Waals surface area contributed by atoms with E-state index in [9.17, 15) is 4.79 Å². The summed E-state index contributed by atoms with van der Waals surface area (Å²) in [5.74, 6) is -0.274. The van der Waals surface area contributed by atoms with Crippen molar-refractivity contribution in [2.75, 3.05) is 12.9 Å². The van der Waals surface area contributed by atoms with Crippen LogP contribution in [0.1, 0.15) is 17.3 Å². The van der Waals surface area contributed by atoms with E-state index in [0.717, 1.165) is 16.3 Å². The van der Waals surface area contributed by atoms with E-state index in [0.29, 0.717) is 12.2 Å². The fourth-order valence-corrected chi connectivity index (χ4v) is 2.96. The zero-order chi connectivity index (χ0) is 16.2. The van der Waals surface area contributed by atoms with Gasteiger partial charge in [-0.2, -0.15) is 0 Å². The summed E-state index contributed by atoms with van der Waals surface area (Å²) in [4.78, 5) is 13.1. The molecule has 0 fully saturated rings. The third-order valence-corrected chi connectivity index (χ3v) is 4.52. The first-order valence-corrected chi connectivity index (χ1v) is 8.79. The van der Waals surface area contributed by atoms with Gasteiger partial charge in [0.2, 0.25) is 0 Å². The van der Waals surface area contributed by atoms with E-state index in [2.05, 4.69) is 48.7 Å². The van der Waals surface area contributed by atoms with E-state index in [1.54, 1.807) is 11.8 Å². The standard InChI is InChI=1S/C20H18O2S/c1-3-22-20(21)17-7-5-15-4-6-16(12-18(15)13-17)14-8-10-19(23-2)11-9-14/h4-13H,3H2,1-2H3. The lowest BCUT2D eigenvalue weighted by Crippen LogP contribution is -2.04. The van der Waals surface area contributed by atoms with E-state index >= 15 is 0 Å². The van der Waals surface area contributed by atoms with Crippen molar-refractivity contribution in [3.63, 3.8) is 0 Å². The van der Waals surface area contributed by atoms with Gasteiger partial charge in [-0.25, -0.2) is 4.79 Å². The largest absolute Gasteiger partial charge is 0.462 e. The Morgan fingerprint density at radius 3 is 2.30 bits per heavy atom. The molecular weight excluding hydrogens is 304 g/mol. The first-order chi connectivity index (χ1) is 11.2. The van der Waals surface area contributed by atoms with Gasteiger partial charge >= 0.3 is 5.97 Å². The lowest BCUT2D eigenvalue weighted by Gasteiger charge is -2.07. The van der Waals surface area contributed by atoms with Gasteiger partial charge in [-0.05, 0) is 65.4 Å². The lowest BCUT2D eigenvalue weighted by molar-refractivity contribution is 0.0526. The summed E-state index contributed by atoms with van der Waals surface area (Å²) >= 11 is 1.73. The Bertz CT molecular complexity index is 838. The number of hydrogen-bond acceptors (Lipinski definition) is 3. The van der Waals surface area contributed by atoms with E-state index in [4.69, 9.17) is 4.74 Å². The molecule has 0 spiro atoms. The van der Waals surface area contributed by atoms with E-state index in [1.165, 1.54) is 10.5 Å². The molecule has 3 rings (SSSR count). The highest BCUT2D eigenvalue weighted by Crippen LogP contribution is 2.27. The van der Waals surface area contributed by atoms with Gasteiger partial charge in [-0.15, -0.1) is 11.8 Å². The molecule has 3 aromatic carbocycles. The maximum Gasteiger partial charge on any atom is 0.338 e. The van der Waals surface area contributed by atoms with Crippen LogP contribution in [-0.4, -0.2) is 18.8 Å². The number of rotatable bonds is 4. The predicted molar refractivity (Wildman–Crippen MR) is 97.1 cm³/mol. The van der Waals surface area contributed by atoms with Crippen molar-refractivity contribution in [2.45, 2.75) is 11.8 Å². The van der Waals surface area contributed by atoms with Gasteiger partial charge in [-0.1, -0.05) is 30.3 Å². The van der Waals surface area contributed by atoms with Crippen molar-refractivity contribution in [3.8, 4) is 11.1 Å². The van der Waals surface area contributed by atoms with E-state index < -0.39 is 0 Å². The molecular formula is C20H18O2S. The van der Waals surface area contributed by atoms with Gasteiger partial charge in [0.1, 0.15) is 0 Å². The van der Waals surface area contributed by atoms with Crippen LogP contribution in [0.3, 0.4) is 0 Å². The lowest BCUT2D eigenvalue weighted by atomic mass is 10.00. The van der Waals surface area contributed by atoms with Crippen LogP contribution in [0.25, 0.3) is 21.9 Å². The molecule has 0 N–H and O–H groups in total. The van der Waals surface area contributed by atoms with Gasteiger partial charge in [0.25, 0.3) is 0 Å². The van der Waals surface area contributed by atoms with Gasteiger partial charge < -0.3 is 4.74 Å². The fraction of sp³-hybridized carbons (Fsp3) is 0.150. The molecule has 0 saturated carbocycles. The minimum atomic E-state index is -0.274. The van der Waals surface area contributed by atoms with Gasteiger partial charge in [0.15, 0.2) is 0 Å². The van der Waals surface area contributed by atoms with Crippen LogP contribution in [-0.2, 0) is 4.74 Å². The van der Waals surface area contributed by atoms with Crippen molar-refractivity contribution in [3.05, 3.63) is 66.2 Å². The maximum absolute atomic E-state index is 11.9. The Morgan fingerprint density at radius 1 is 0.913 bits per heavy atom. The average molecular weight is 322 g/mol. The Labute approximate surface area is 140 Å². The summed E-state index contributed by atoms with van der Waals surface area (Å²) in [5, 5.41) is 2.16. The van der Waals surface area contributed by atoms with Crippen LogP contribution in [0.5, 0.6) is 0 Å². The van der Waals surface area contributed by atoms with Gasteiger partial charge in [-0.3, -0.25) is 0 Å². The number of hydrogen-bond donors (Lipinski definition) is 0. The monoisotopic (exact) mass is 322 g/mol. The van der Waals surface area contributed by atoms with Crippen LogP contribution < -0.4 is 0 Å². The molecule has 0 radical (unpaired) electrons. The number of carbonyl (C=O) groups excluding carboxylic acids is 1. The molecule has 0 bridgehead atoms. The van der Waals surface area contributed by atoms with Gasteiger partial charge in [0.05, 0.1) is 12.2 Å². The SMILES string of the molecule is CCOC(=O)c1ccc2ccc(-c3ccc(SC)cc3)cc2c1. The average Bonchev–Trinajstić information content (AvgIpc) is 2.61.